The summed E-state index contributed by atoms with van der Waals surface area (Å²) in [6.07, 6.45) is 3.26. The Balaban J connectivity index is 2.03. The number of hydrogen-bond donors (Lipinski definition) is 2. The summed E-state index contributed by atoms with van der Waals surface area (Å²) in [5.41, 5.74) is 1.88. The molecule has 120 valence electrons. The van der Waals surface area contributed by atoms with Crippen molar-refractivity contribution in [2.45, 2.75) is 30.0 Å². The van der Waals surface area contributed by atoms with Gasteiger partial charge in [0, 0.05) is 25.0 Å². The van der Waals surface area contributed by atoms with Gasteiger partial charge in [0.15, 0.2) is 9.90 Å². The van der Waals surface area contributed by atoms with Crippen LogP contribution in [0.4, 0.5) is 0 Å². The molecule has 0 bridgehead atoms. The third-order valence-corrected chi connectivity index (χ3v) is 6.18. The molecule has 2 aromatic heterocycles. The Morgan fingerprint density at radius 1 is 1.55 bits per heavy atom. The van der Waals surface area contributed by atoms with E-state index in [9.17, 15) is 13.2 Å². The summed E-state index contributed by atoms with van der Waals surface area (Å²) in [4.78, 5) is 14.6. The molecule has 2 N–H and O–H groups in total. The lowest BCUT2D eigenvalue weighted by molar-refractivity contribution is 0.0687. The van der Waals surface area contributed by atoms with Crippen LogP contribution in [0.15, 0.2) is 28.0 Å². The Morgan fingerprint density at radius 2 is 2.27 bits per heavy atom. The van der Waals surface area contributed by atoms with Crippen LogP contribution in [0.2, 0.25) is 0 Å². The number of rotatable bonds is 7. The van der Waals surface area contributed by atoms with Crippen LogP contribution >= 0.6 is 11.3 Å². The number of thiazole rings is 1. The van der Waals surface area contributed by atoms with E-state index in [1.54, 1.807) is 6.92 Å². The SMILES string of the molecule is CC(CCc1cccn1C)NS(=O)(=O)c1scnc1C(=O)O. The fourth-order valence-corrected chi connectivity index (χ4v) is 4.50. The number of aromatic nitrogens is 2. The Hall–Kier alpha value is -1.71. The molecule has 0 aliphatic rings. The first kappa shape index (κ1) is 16.7. The van der Waals surface area contributed by atoms with Crippen LogP contribution in [0.1, 0.15) is 29.5 Å². The zero-order valence-electron chi connectivity index (χ0n) is 12.2. The number of sulfonamides is 1. The zero-order valence-corrected chi connectivity index (χ0v) is 13.8. The molecule has 2 aromatic rings. The van der Waals surface area contributed by atoms with Gasteiger partial charge >= 0.3 is 5.97 Å². The molecule has 0 radical (unpaired) electrons. The largest absolute Gasteiger partial charge is 0.476 e. The predicted molar refractivity (Wildman–Crippen MR) is 82.6 cm³/mol. The van der Waals surface area contributed by atoms with E-state index in [0.29, 0.717) is 6.42 Å². The maximum Gasteiger partial charge on any atom is 0.356 e. The maximum atomic E-state index is 12.2. The van der Waals surface area contributed by atoms with Crippen molar-refractivity contribution >= 4 is 27.3 Å². The van der Waals surface area contributed by atoms with E-state index in [1.165, 1.54) is 5.51 Å². The third-order valence-electron chi connectivity index (χ3n) is 3.22. The number of carboxylic acids is 1. The number of carboxylic acid groups (broad SMARTS) is 1. The highest BCUT2D eigenvalue weighted by atomic mass is 32.2. The van der Waals surface area contributed by atoms with Crippen LogP contribution in [0.3, 0.4) is 0 Å². The second kappa shape index (κ2) is 6.59. The Kier molecular flexibility index (Phi) is 4.99. The quantitative estimate of drug-likeness (QED) is 0.793. The number of nitrogens with one attached hydrogen (secondary N) is 1. The van der Waals surface area contributed by atoms with E-state index in [0.717, 1.165) is 23.5 Å². The number of nitrogens with zero attached hydrogens (tertiary/aromatic N) is 2. The highest BCUT2D eigenvalue weighted by molar-refractivity contribution is 7.91. The lowest BCUT2D eigenvalue weighted by Crippen LogP contribution is -2.33. The predicted octanol–water partition coefficient (Wildman–Crippen LogP) is 1.48. The Morgan fingerprint density at radius 3 is 2.86 bits per heavy atom. The minimum atomic E-state index is -3.87. The van der Waals surface area contributed by atoms with Crippen LogP contribution in [0.25, 0.3) is 0 Å². The molecule has 0 amide bonds. The molecular weight excluding hydrogens is 326 g/mol. The molecular formula is C13H17N3O4S2. The fraction of sp³-hybridized carbons (Fsp3) is 0.385. The van der Waals surface area contributed by atoms with Crippen molar-refractivity contribution in [1.82, 2.24) is 14.3 Å². The summed E-state index contributed by atoms with van der Waals surface area (Å²) in [5, 5.41) is 8.96. The van der Waals surface area contributed by atoms with Gasteiger partial charge in [0.2, 0.25) is 0 Å². The third kappa shape index (κ3) is 3.73. The highest BCUT2D eigenvalue weighted by Crippen LogP contribution is 2.20. The van der Waals surface area contributed by atoms with Crippen molar-refractivity contribution in [1.29, 1.82) is 0 Å². The van der Waals surface area contributed by atoms with Crippen molar-refractivity contribution in [2.24, 2.45) is 7.05 Å². The van der Waals surface area contributed by atoms with Crippen molar-refractivity contribution in [2.75, 3.05) is 0 Å². The number of carbonyl (C=O) groups is 1. The molecule has 1 atom stereocenters. The van der Waals surface area contributed by atoms with Crippen LogP contribution in [0.5, 0.6) is 0 Å². The van der Waals surface area contributed by atoms with Crippen LogP contribution in [0, 0.1) is 0 Å². The Bertz CT molecular complexity index is 764. The van der Waals surface area contributed by atoms with Gasteiger partial charge in [-0.05, 0) is 31.9 Å². The second-order valence-corrected chi connectivity index (χ2v) is 7.73. The molecule has 9 heteroatoms. The minimum Gasteiger partial charge on any atom is -0.476 e. The van der Waals surface area contributed by atoms with Gasteiger partial charge in [-0.2, -0.15) is 0 Å². The van der Waals surface area contributed by atoms with Crippen LogP contribution < -0.4 is 4.72 Å². The molecule has 0 aliphatic heterocycles. The van der Waals surface area contributed by atoms with E-state index in [2.05, 4.69) is 9.71 Å². The van der Waals surface area contributed by atoms with Crippen molar-refractivity contribution in [3.8, 4) is 0 Å². The fourth-order valence-electron chi connectivity index (χ4n) is 2.07. The zero-order chi connectivity index (χ0) is 16.3. The standard InChI is InChI=1S/C13H17N3O4S2/c1-9(5-6-10-4-3-7-16(10)2)15-22(19,20)13-11(12(17)18)14-8-21-13/h3-4,7-9,15H,5-6H2,1-2H3,(H,17,18). The van der Waals surface area contributed by atoms with Gasteiger partial charge in [0.1, 0.15) is 0 Å². The van der Waals surface area contributed by atoms with Gasteiger partial charge in [-0.25, -0.2) is 22.9 Å². The number of aromatic carboxylic acids is 1. The average Bonchev–Trinajstić information content (AvgIpc) is 3.04. The monoisotopic (exact) mass is 343 g/mol. The molecule has 2 heterocycles. The molecule has 22 heavy (non-hydrogen) atoms. The lowest BCUT2D eigenvalue weighted by atomic mass is 10.1. The summed E-state index contributed by atoms with van der Waals surface area (Å²) >= 11 is 0.799. The summed E-state index contributed by atoms with van der Waals surface area (Å²) in [6, 6.07) is 3.59. The molecule has 2 rings (SSSR count). The molecule has 0 saturated heterocycles. The second-order valence-electron chi connectivity index (χ2n) is 4.97. The smallest absolute Gasteiger partial charge is 0.356 e. The minimum absolute atomic E-state index is 0.259. The number of hydrogen-bond acceptors (Lipinski definition) is 5. The van der Waals surface area contributed by atoms with E-state index in [-0.39, 0.29) is 10.3 Å². The van der Waals surface area contributed by atoms with Crippen molar-refractivity contribution in [3.05, 3.63) is 35.2 Å². The summed E-state index contributed by atoms with van der Waals surface area (Å²) in [5.74, 6) is -1.35. The molecule has 0 fully saturated rings. The molecule has 0 aliphatic carbocycles. The van der Waals surface area contributed by atoms with E-state index in [4.69, 9.17) is 5.11 Å². The van der Waals surface area contributed by atoms with E-state index < -0.39 is 21.7 Å². The maximum absolute atomic E-state index is 12.2. The van der Waals surface area contributed by atoms with Crippen molar-refractivity contribution in [3.63, 3.8) is 0 Å². The molecule has 0 aromatic carbocycles. The van der Waals surface area contributed by atoms with Gasteiger partial charge in [-0.15, -0.1) is 11.3 Å². The molecule has 7 nitrogen and oxygen atoms in total. The first-order valence-electron chi connectivity index (χ1n) is 6.60. The van der Waals surface area contributed by atoms with Gasteiger partial charge in [0.25, 0.3) is 10.0 Å². The van der Waals surface area contributed by atoms with Gasteiger partial charge in [0.05, 0.1) is 5.51 Å². The average molecular weight is 343 g/mol. The summed E-state index contributed by atoms with van der Waals surface area (Å²) in [6.45, 7) is 1.75. The number of aryl methyl sites for hydroxylation is 2. The topological polar surface area (TPSA) is 101 Å². The normalized spacial score (nSPS) is 13.2. The lowest BCUT2D eigenvalue weighted by Gasteiger charge is -2.13. The summed E-state index contributed by atoms with van der Waals surface area (Å²) < 4.78 is 28.7. The van der Waals surface area contributed by atoms with Gasteiger partial charge < -0.3 is 9.67 Å². The molecule has 1 unspecified atom stereocenters. The van der Waals surface area contributed by atoms with Crippen LogP contribution in [-0.4, -0.2) is 35.1 Å². The van der Waals surface area contributed by atoms with Crippen LogP contribution in [-0.2, 0) is 23.5 Å². The molecule has 0 spiro atoms. The van der Waals surface area contributed by atoms with Crippen molar-refractivity contribution < 1.29 is 18.3 Å². The highest BCUT2D eigenvalue weighted by Gasteiger charge is 2.26. The van der Waals surface area contributed by atoms with Gasteiger partial charge in [-0.1, -0.05) is 0 Å². The molecule has 0 saturated carbocycles. The first-order chi connectivity index (χ1) is 10.3. The summed E-state index contributed by atoms with van der Waals surface area (Å²) in [7, 11) is -1.94. The Labute approximate surface area is 132 Å². The van der Waals surface area contributed by atoms with E-state index in [1.807, 2.05) is 29.9 Å². The van der Waals surface area contributed by atoms with Gasteiger partial charge in [-0.3, -0.25) is 0 Å². The van der Waals surface area contributed by atoms with E-state index >= 15 is 0 Å². The first-order valence-corrected chi connectivity index (χ1v) is 8.97.